The van der Waals surface area contributed by atoms with E-state index in [4.69, 9.17) is 0 Å². The van der Waals surface area contributed by atoms with Crippen LogP contribution in [-0.2, 0) is 0 Å². The zero-order chi connectivity index (χ0) is 8.85. The van der Waals surface area contributed by atoms with Crippen molar-refractivity contribution in [3.63, 3.8) is 0 Å². The minimum absolute atomic E-state index is 0.627. The third kappa shape index (κ3) is 4.41. The first kappa shape index (κ1) is 11.0. The molecule has 0 bridgehead atoms. The summed E-state index contributed by atoms with van der Waals surface area (Å²) in [5, 5.41) is 0. The van der Waals surface area contributed by atoms with E-state index in [-0.39, 0.29) is 0 Å². The molecule has 0 fully saturated rings. The molecule has 67 valence electrons. The highest BCUT2D eigenvalue weighted by atomic mass is 15.1. The van der Waals surface area contributed by atoms with E-state index in [1.165, 1.54) is 19.3 Å². The molecular formula is C10H22N. The molecule has 11 heavy (non-hydrogen) atoms. The highest BCUT2D eigenvalue weighted by Gasteiger charge is 2.11. The van der Waals surface area contributed by atoms with Crippen molar-refractivity contribution in [3.8, 4) is 0 Å². The Bertz CT molecular complexity index is 88.9. The highest BCUT2D eigenvalue weighted by molar-refractivity contribution is 4.70. The molecule has 0 aromatic carbocycles. The molecule has 0 amide bonds. The van der Waals surface area contributed by atoms with Crippen molar-refractivity contribution in [2.75, 3.05) is 14.1 Å². The minimum Gasteiger partial charge on any atom is -0.306 e. The van der Waals surface area contributed by atoms with E-state index in [1.807, 2.05) is 0 Å². The SMILES string of the molecule is [CH2]C(CC)CC(CC)N(C)C. The molecule has 0 spiro atoms. The van der Waals surface area contributed by atoms with Crippen LogP contribution in [0.25, 0.3) is 0 Å². The summed E-state index contributed by atoms with van der Waals surface area (Å²) in [6.07, 6.45) is 3.67. The fourth-order valence-electron chi connectivity index (χ4n) is 1.29. The molecule has 0 rings (SSSR count). The number of hydrogen-bond acceptors (Lipinski definition) is 1. The van der Waals surface area contributed by atoms with Gasteiger partial charge in [-0.05, 0) is 32.9 Å². The Kier molecular flexibility index (Phi) is 5.57. The molecule has 0 aliphatic heterocycles. The number of rotatable bonds is 5. The Morgan fingerprint density at radius 1 is 1.18 bits per heavy atom. The summed E-state index contributed by atoms with van der Waals surface area (Å²) in [6, 6.07) is 0.720. The van der Waals surface area contributed by atoms with Gasteiger partial charge in [0.05, 0.1) is 0 Å². The first-order valence-electron chi connectivity index (χ1n) is 4.61. The molecule has 0 saturated heterocycles. The minimum atomic E-state index is 0.627. The number of nitrogens with zero attached hydrogens (tertiary/aromatic N) is 1. The van der Waals surface area contributed by atoms with E-state index in [9.17, 15) is 0 Å². The van der Waals surface area contributed by atoms with Crippen LogP contribution in [0.5, 0.6) is 0 Å². The molecule has 1 heteroatoms. The van der Waals surface area contributed by atoms with Crippen LogP contribution in [0, 0.1) is 12.8 Å². The van der Waals surface area contributed by atoms with Crippen LogP contribution in [0.15, 0.2) is 0 Å². The summed E-state index contributed by atoms with van der Waals surface area (Å²) in [7, 11) is 4.30. The zero-order valence-corrected chi connectivity index (χ0v) is 8.43. The lowest BCUT2D eigenvalue weighted by molar-refractivity contribution is 0.248. The van der Waals surface area contributed by atoms with Crippen molar-refractivity contribution in [3.05, 3.63) is 6.92 Å². The van der Waals surface area contributed by atoms with Crippen LogP contribution in [0.3, 0.4) is 0 Å². The largest absolute Gasteiger partial charge is 0.306 e. The molecule has 0 heterocycles. The monoisotopic (exact) mass is 156 g/mol. The van der Waals surface area contributed by atoms with Gasteiger partial charge in [0, 0.05) is 6.04 Å². The lowest BCUT2D eigenvalue weighted by Crippen LogP contribution is -2.28. The molecule has 0 aromatic heterocycles. The van der Waals surface area contributed by atoms with Crippen molar-refractivity contribution in [1.29, 1.82) is 0 Å². The first-order chi connectivity index (χ1) is 5.11. The smallest absolute Gasteiger partial charge is 0.00891 e. The standard InChI is InChI=1S/C10H22N/c1-6-9(3)8-10(7-2)11(4)5/h9-10H,3,6-8H2,1-2,4-5H3. The summed E-state index contributed by atoms with van der Waals surface area (Å²) in [6.45, 7) is 8.55. The van der Waals surface area contributed by atoms with Crippen molar-refractivity contribution in [2.24, 2.45) is 5.92 Å². The van der Waals surface area contributed by atoms with E-state index in [0.717, 1.165) is 6.04 Å². The van der Waals surface area contributed by atoms with Gasteiger partial charge in [-0.2, -0.15) is 0 Å². The van der Waals surface area contributed by atoms with Crippen LogP contribution in [0.1, 0.15) is 33.1 Å². The summed E-state index contributed by atoms with van der Waals surface area (Å²) in [5.74, 6) is 0.627. The van der Waals surface area contributed by atoms with Crippen LogP contribution in [-0.4, -0.2) is 25.0 Å². The highest BCUT2D eigenvalue weighted by Crippen LogP contribution is 2.14. The maximum Gasteiger partial charge on any atom is 0.00891 e. The summed E-state index contributed by atoms with van der Waals surface area (Å²) >= 11 is 0. The molecule has 2 atom stereocenters. The summed E-state index contributed by atoms with van der Waals surface area (Å²) < 4.78 is 0. The van der Waals surface area contributed by atoms with Gasteiger partial charge in [0.2, 0.25) is 0 Å². The van der Waals surface area contributed by atoms with Gasteiger partial charge in [0.1, 0.15) is 0 Å². The second-order valence-corrected chi connectivity index (χ2v) is 3.54. The van der Waals surface area contributed by atoms with E-state index in [1.54, 1.807) is 0 Å². The molecule has 2 unspecified atom stereocenters. The Labute approximate surface area is 71.8 Å². The van der Waals surface area contributed by atoms with Gasteiger partial charge in [0.15, 0.2) is 0 Å². The topological polar surface area (TPSA) is 3.24 Å². The second-order valence-electron chi connectivity index (χ2n) is 3.54. The van der Waals surface area contributed by atoms with Crippen molar-refractivity contribution >= 4 is 0 Å². The molecule has 1 radical (unpaired) electrons. The van der Waals surface area contributed by atoms with E-state index in [0.29, 0.717) is 5.92 Å². The van der Waals surface area contributed by atoms with Crippen molar-refractivity contribution in [1.82, 2.24) is 4.90 Å². The van der Waals surface area contributed by atoms with Gasteiger partial charge in [-0.3, -0.25) is 0 Å². The molecule has 0 aliphatic carbocycles. The molecular weight excluding hydrogens is 134 g/mol. The molecule has 0 aromatic rings. The van der Waals surface area contributed by atoms with Crippen molar-refractivity contribution < 1.29 is 0 Å². The molecule has 0 aliphatic rings. The fourth-order valence-corrected chi connectivity index (χ4v) is 1.29. The maximum absolute atomic E-state index is 4.10. The van der Waals surface area contributed by atoms with Gasteiger partial charge in [-0.15, -0.1) is 0 Å². The Morgan fingerprint density at radius 2 is 1.73 bits per heavy atom. The van der Waals surface area contributed by atoms with Crippen LogP contribution in [0.4, 0.5) is 0 Å². The lowest BCUT2D eigenvalue weighted by Gasteiger charge is -2.25. The van der Waals surface area contributed by atoms with Crippen LogP contribution < -0.4 is 0 Å². The predicted molar refractivity (Wildman–Crippen MR) is 51.5 cm³/mol. The Balaban J connectivity index is 3.68. The Hall–Kier alpha value is -0.0400. The summed E-state index contributed by atoms with van der Waals surface area (Å²) in [4.78, 5) is 2.30. The fraction of sp³-hybridized carbons (Fsp3) is 0.900. The summed E-state index contributed by atoms with van der Waals surface area (Å²) in [5.41, 5.74) is 0. The average molecular weight is 156 g/mol. The van der Waals surface area contributed by atoms with Crippen LogP contribution in [0.2, 0.25) is 0 Å². The second kappa shape index (κ2) is 5.59. The van der Waals surface area contributed by atoms with Gasteiger partial charge in [0.25, 0.3) is 0 Å². The van der Waals surface area contributed by atoms with Crippen molar-refractivity contribution in [2.45, 2.75) is 39.2 Å². The van der Waals surface area contributed by atoms with Gasteiger partial charge in [-0.1, -0.05) is 27.2 Å². The predicted octanol–water partition coefficient (Wildman–Crippen LogP) is 2.58. The zero-order valence-electron chi connectivity index (χ0n) is 8.43. The number of hydrogen-bond donors (Lipinski definition) is 0. The van der Waals surface area contributed by atoms with E-state index in [2.05, 4.69) is 39.8 Å². The quantitative estimate of drug-likeness (QED) is 0.591. The third-order valence-corrected chi connectivity index (χ3v) is 2.38. The first-order valence-corrected chi connectivity index (χ1v) is 4.61. The molecule has 0 N–H and O–H groups in total. The normalized spacial score (nSPS) is 16.9. The van der Waals surface area contributed by atoms with Gasteiger partial charge >= 0.3 is 0 Å². The average Bonchev–Trinajstić information content (AvgIpc) is 1.99. The Morgan fingerprint density at radius 3 is 2.00 bits per heavy atom. The van der Waals surface area contributed by atoms with E-state index < -0.39 is 0 Å². The maximum atomic E-state index is 4.10. The third-order valence-electron chi connectivity index (χ3n) is 2.38. The van der Waals surface area contributed by atoms with Gasteiger partial charge in [-0.25, -0.2) is 0 Å². The molecule has 0 saturated carbocycles. The van der Waals surface area contributed by atoms with E-state index >= 15 is 0 Å². The molecule has 1 nitrogen and oxygen atoms in total. The van der Waals surface area contributed by atoms with Gasteiger partial charge < -0.3 is 4.90 Å². The van der Waals surface area contributed by atoms with Crippen LogP contribution >= 0.6 is 0 Å². The lowest BCUT2D eigenvalue weighted by atomic mass is 9.97.